The minimum absolute atomic E-state index is 0.0257. The van der Waals surface area contributed by atoms with E-state index in [1.165, 1.54) is 13.0 Å². The second-order valence-electron chi connectivity index (χ2n) is 4.46. The van der Waals surface area contributed by atoms with Crippen LogP contribution in [0.25, 0.3) is 0 Å². The van der Waals surface area contributed by atoms with Crippen molar-refractivity contribution in [2.45, 2.75) is 26.9 Å². The van der Waals surface area contributed by atoms with Gasteiger partial charge in [-0.1, -0.05) is 0 Å². The maximum Gasteiger partial charge on any atom is 0.304 e. The molecule has 0 atom stereocenters. The lowest BCUT2D eigenvalue weighted by Gasteiger charge is -2.17. The van der Waals surface area contributed by atoms with Crippen LogP contribution < -0.4 is 4.90 Å². The number of anilines is 1. The van der Waals surface area contributed by atoms with Crippen LogP contribution in [0.3, 0.4) is 0 Å². The first-order chi connectivity index (χ1) is 8.82. The van der Waals surface area contributed by atoms with Gasteiger partial charge in [-0.25, -0.2) is 0 Å². The van der Waals surface area contributed by atoms with Gasteiger partial charge in [0.05, 0.1) is 22.5 Å². The van der Waals surface area contributed by atoms with Gasteiger partial charge < -0.3 is 9.64 Å². The van der Waals surface area contributed by atoms with E-state index in [9.17, 15) is 14.9 Å². The summed E-state index contributed by atoms with van der Waals surface area (Å²) in [7, 11) is 1.76. The van der Waals surface area contributed by atoms with E-state index in [0.29, 0.717) is 23.0 Å². The quantitative estimate of drug-likeness (QED) is 0.438. The summed E-state index contributed by atoms with van der Waals surface area (Å²) < 4.78 is 5.41. The van der Waals surface area contributed by atoms with Crippen molar-refractivity contribution < 1.29 is 14.5 Å². The van der Waals surface area contributed by atoms with Gasteiger partial charge in [0.25, 0.3) is 0 Å². The summed E-state index contributed by atoms with van der Waals surface area (Å²) in [5.41, 5.74) is -0.0257. The highest BCUT2D eigenvalue weighted by Gasteiger charge is 2.23. The second-order valence-corrected chi connectivity index (χ2v) is 5.49. The molecular weight excluding hydrogens is 268 g/mol. The molecule has 0 saturated carbocycles. The molecule has 19 heavy (non-hydrogen) atoms. The highest BCUT2D eigenvalue weighted by Crippen LogP contribution is 2.37. The van der Waals surface area contributed by atoms with Gasteiger partial charge in [-0.3, -0.25) is 14.9 Å². The summed E-state index contributed by atoms with van der Waals surface area (Å²) in [5, 5.41) is 11.5. The number of thiophene rings is 1. The molecule has 1 rings (SSSR count). The zero-order valence-corrected chi connectivity index (χ0v) is 12.3. The number of nitrogens with zero attached hydrogens (tertiary/aromatic N) is 2. The Morgan fingerprint density at radius 3 is 2.68 bits per heavy atom. The van der Waals surface area contributed by atoms with E-state index in [4.69, 9.17) is 4.74 Å². The second kappa shape index (κ2) is 6.63. The Bertz CT molecular complexity index is 470. The van der Waals surface area contributed by atoms with Crippen molar-refractivity contribution in [3.05, 3.63) is 21.1 Å². The van der Waals surface area contributed by atoms with E-state index in [-0.39, 0.29) is 17.6 Å². The van der Waals surface area contributed by atoms with Gasteiger partial charge in [0.15, 0.2) is 10.8 Å². The van der Waals surface area contributed by atoms with Gasteiger partial charge in [0, 0.05) is 19.7 Å². The van der Waals surface area contributed by atoms with Crippen LogP contribution in [-0.2, 0) is 4.74 Å². The van der Waals surface area contributed by atoms with Gasteiger partial charge in [0.2, 0.25) is 0 Å². The van der Waals surface area contributed by atoms with Crippen LogP contribution in [0.2, 0.25) is 0 Å². The first-order valence-corrected chi connectivity index (χ1v) is 6.76. The molecule has 0 saturated heterocycles. The third kappa shape index (κ3) is 4.29. The van der Waals surface area contributed by atoms with Crippen LogP contribution >= 0.6 is 11.3 Å². The van der Waals surface area contributed by atoms with Crippen molar-refractivity contribution >= 4 is 27.8 Å². The predicted octanol–water partition coefficient (Wildman–Crippen LogP) is 2.72. The Balaban J connectivity index is 2.85. The molecule has 0 amide bonds. The first-order valence-electron chi connectivity index (χ1n) is 5.94. The normalized spacial score (nSPS) is 10.8. The fourth-order valence-corrected chi connectivity index (χ4v) is 2.48. The average molecular weight is 286 g/mol. The summed E-state index contributed by atoms with van der Waals surface area (Å²) in [6, 6.07) is 1.34. The monoisotopic (exact) mass is 286 g/mol. The minimum atomic E-state index is -0.460. The molecule has 0 unspecified atom stereocenters. The molecule has 1 aromatic rings. The van der Waals surface area contributed by atoms with E-state index in [0.717, 1.165) is 11.3 Å². The smallest absolute Gasteiger partial charge is 0.304 e. The number of rotatable bonds is 7. The number of likely N-dealkylation sites (N-methyl/N-ethyl adjacent to an activating group) is 1. The molecule has 1 heterocycles. The van der Waals surface area contributed by atoms with Crippen LogP contribution in [0.1, 0.15) is 30.4 Å². The fourth-order valence-electron chi connectivity index (χ4n) is 1.48. The molecule has 1 aromatic heterocycles. The Labute approximate surface area is 116 Å². The third-order valence-electron chi connectivity index (χ3n) is 2.46. The molecular formula is C12H18N2O4S. The molecule has 0 aliphatic heterocycles. The largest absolute Gasteiger partial charge is 0.377 e. The SMILES string of the molecule is CC(=O)c1cc([N+](=O)[O-])c(N(C)CCOC(C)C)s1. The molecule has 0 aromatic carbocycles. The molecule has 0 bridgehead atoms. The summed E-state index contributed by atoms with van der Waals surface area (Å²) in [4.78, 5) is 24.0. The minimum Gasteiger partial charge on any atom is -0.377 e. The molecule has 0 aliphatic rings. The summed E-state index contributed by atoms with van der Waals surface area (Å²) >= 11 is 1.14. The number of hydrogen-bond donors (Lipinski definition) is 0. The van der Waals surface area contributed by atoms with E-state index >= 15 is 0 Å². The van der Waals surface area contributed by atoms with Gasteiger partial charge in [-0.2, -0.15) is 0 Å². The molecule has 7 heteroatoms. The highest BCUT2D eigenvalue weighted by atomic mass is 32.1. The summed E-state index contributed by atoms with van der Waals surface area (Å²) in [6.07, 6.45) is 0.125. The van der Waals surface area contributed by atoms with Crippen LogP contribution in [0.5, 0.6) is 0 Å². The highest BCUT2D eigenvalue weighted by molar-refractivity contribution is 7.18. The van der Waals surface area contributed by atoms with Crippen molar-refractivity contribution in [1.29, 1.82) is 0 Å². The number of ketones is 1. The number of hydrogen-bond acceptors (Lipinski definition) is 6. The Kier molecular flexibility index (Phi) is 5.44. The average Bonchev–Trinajstić information content (AvgIpc) is 2.73. The number of carbonyl (C=O) groups excluding carboxylic acids is 1. The molecule has 0 aliphatic carbocycles. The lowest BCUT2D eigenvalue weighted by atomic mass is 10.3. The van der Waals surface area contributed by atoms with Gasteiger partial charge >= 0.3 is 5.69 Å². The molecule has 0 radical (unpaired) electrons. The predicted molar refractivity (Wildman–Crippen MR) is 75.3 cm³/mol. The van der Waals surface area contributed by atoms with Gasteiger partial charge in [-0.05, 0) is 20.8 Å². The van der Waals surface area contributed by atoms with Crippen molar-refractivity contribution in [3.8, 4) is 0 Å². The summed E-state index contributed by atoms with van der Waals surface area (Å²) in [6.45, 7) is 6.29. The zero-order valence-electron chi connectivity index (χ0n) is 11.5. The van der Waals surface area contributed by atoms with Crippen LogP contribution in [0.15, 0.2) is 6.07 Å². The standard InChI is InChI=1S/C12H18N2O4S/c1-8(2)18-6-5-13(4)12-10(14(16)17)7-11(19-12)9(3)15/h7-8H,5-6H2,1-4H3. The van der Waals surface area contributed by atoms with Crippen molar-refractivity contribution in [2.24, 2.45) is 0 Å². The Morgan fingerprint density at radius 2 is 2.21 bits per heavy atom. The molecule has 0 N–H and O–H groups in total. The number of carbonyl (C=O) groups is 1. The van der Waals surface area contributed by atoms with E-state index in [1.54, 1.807) is 11.9 Å². The van der Waals surface area contributed by atoms with Crippen molar-refractivity contribution in [2.75, 3.05) is 25.1 Å². The number of ether oxygens (including phenoxy) is 1. The molecule has 6 nitrogen and oxygen atoms in total. The lowest BCUT2D eigenvalue weighted by molar-refractivity contribution is -0.383. The van der Waals surface area contributed by atoms with Crippen LogP contribution in [-0.4, -0.2) is 37.0 Å². The number of Topliss-reactive ketones (excluding diaryl/α,β-unsaturated/α-hetero) is 1. The zero-order chi connectivity index (χ0) is 14.6. The third-order valence-corrected chi connectivity index (χ3v) is 3.80. The topological polar surface area (TPSA) is 72.7 Å². The van der Waals surface area contributed by atoms with Gasteiger partial charge in [0.1, 0.15) is 0 Å². The van der Waals surface area contributed by atoms with E-state index in [1.807, 2.05) is 13.8 Å². The maximum atomic E-state index is 11.3. The van der Waals surface area contributed by atoms with Gasteiger partial charge in [-0.15, -0.1) is 11.3 Å². The van der Waals surface area contributed by atoms with E-state index < -0.39 is 4.92 Å². The molecule has 106 valence electrons. The lowest BCUT2D eigenvalue weighted by Crippen LogP contribution is -2.23. The van der Waals surface area contributed by atoms with Crippen LogP contribution in [0, 0.1) is 10.1 Å². The number of nitro groups is 1. The Hall–Kier alpha value is -1.47. The Morgan fingerprint density at radius 1 is 1.58 bits per heavy atom. The van der Waals surface area contributed by atoms with Crippen molar-refractivity contribution in [1.82, 2.24) is 0 Å². The maximum absolute atomic E-state index is 11.3. The molecule has 0 spiro atoms. The van der Waals surface area contributed by atoms with Crippen LogP contribution in [0.4, 0.5) is 10.7 Å². The fraction of sp³-hybridized carbons (Fsp3) is 0.583. The van der Waals surface area contributed by atoms with Crippen molar-refractivity contribution in [3.63, 3.8) is 0 Å². The summed E-state index contributed by atoms with van der Waals surface area (Å²) in [5.74, 6) is -0.161. The van der Waals surface area contributed by atoms with E-state index in [2.05, 4.69) is 0 Å². The first kappa shape index (κ1) is 15.6. The molecule has 0 fully saturated rings.